The number of carbonyl (C=O) groups is 1. The Labute approximate surface area is 149 Å². The third-order valence-electron chi connectivity index (χ3n) is 3.70. The minimum atomic E-state index is -0.486. The Balaban J connectivity index is 1.71. The van der Waals surface area contributed by atoms with Gasteiger partial charge in [0.25, 0.3) is 0 Å². The molecular weight excluding hydrogens is 341 g/mol. The van der Waals surface area contributed by atoms with E-state index in [2.05, 4.69) is 15.3 Å². The van der Waals surface area contributed by atoms with Gasteiger partial charge in [0, 0.05) is 41.3 Å². The second-order valence-corrected chi connectivity index (χ2v) is 5.81. The molecule has 0 spiro atoms. The van der Waals surface area contributed by atoms with Gasteiger partial charge >= 0.3 is 0 Å². The number of halogens is 2. The second-order valence-electron chi connectivity index (χ2n) is 5.41. The van der Waals surface area contributed by atoms with E-state index < -0.39 is 5.82 Å². The Morgan fingerprint density at radius 1 is 1.12 bits per heavy atom. The summed E-state index contributed by atoms with van der Waals surface area (Å²) >= 11 is 5.96. The van der Waals surface area contributed by atoms with Crippen LogP contribution in [0, 0.1) is 5.82 Å². The van der Waals surface area contributed by atoms with Crippen LogP contribution in [-0.2, 0) is 17.8 Å². The van der Waals surface area contributed by atoms with Gasteiger partial charge in [0.1, 0.15) is 5.82 Å². The summed E-state index contributed by atoms with van der Waals surface area (Å²) in [7, 11) is 0. The number of hydrogen-bond donors (Lipinski definition) is 1. The SMILES string of the molecule is O=C(Cc1c(F)cccc1Cl)NCc1cccnc1-c1cccnc1. The second kappa shape index (κ2) is 7.85. The number of nitrogens with one attached hydrogen (secondary N) is 1. The van der Waals surface area contributed by atoms with Crippen LogP contribution < -0.4 is 5.32 Å². The fourth-order valence-electron chi connectivity index (χ4n) is 2.46. The third kappa shape index (κ3) is 4.19. The van der Waals surface area contributed by atoms with Gasteiger partial charge in [-0.3, -0.25) is 14.8 Å². The molecule has 25 heavy (non-hydrogen) atoms. The van der Waals surface area contributed by atoms with E-state index in [1.807, 2.05) is 18.2 Å². The summed E-state index contributed by atoms with van der Waals surface area (Å²) in [4.78, 5) is 20.6. The van der Waals surface area contributed by atoms with E-state index >= 15 is 0 Å². The molecule has 126 valence electrons. The average Bonchev–Trinajstić information content (AvgIpc) is 2.64. The highest BCUT2D eigenvalue weighted by Gasteiger charge is 2.13. The largest absolute Gasteiger partial charge is 0.352 e. The van der Waals surface area contributed by atoms with Crippen LogP contribution >= 0.6 is 11.6 Å². The molecule has 0 bridgehead atoms. The van der Waals surface area contributed by atoms with E-state index in [4.69, 9.17) is 11.6 Å². The van der Waals surface area contributed by atoms with E-state index in [1.54, 1.807) is 30.7 Å². The zero-order chi connectivity index (χ0) is 17.6. The number of nitrogens with zero attached hydrogens (tertiary/aromatic N) is 2. The quantitative estimate of drug-likeness (QED) is 0.757. The summed E-state index contributed by atoms with van der Waals surface area (Å²) in [5.41, 5.74) is 2.66. The molecule has 0 aliphatic heterocycles. The van der Waals surface area contributed by atoms with E-state index in [0.29, 0.717) is 0 Å². The van der Waals surface area contributed by atoms with Crippen molar-refractivity contribution in [2.75, 3.05) is 0 Å². The number of benzene rings is 1. The first-order valence-corrected chi connectivity index (χ1v) is 8.07. The third-order valence-corrected chi connectivity index (χ3v) is 4.06. The Kier molecular flexibility index (Phi) is 5.36. The molecule has 0 saturated carbocycles. The lowest BCUT2D eigenvalue weighted by molar-refractivity contribution is -0.120. The van der Waals surface area contributed by atoms with Gasteiger partial charge in [-0.25, -0.2) is 4.39 Å². The lowest BCUT2D eigenvalue weighted by atomic mass is 10.1. The first-order valence-electron chi connectivity index (χ1n) is 7.69. The molecule has 0 radical (unpaired) electrons. The molecule has 2 heterocycles. The first kappa shape index (κ1) is 17.0. The number of rotatable bonds is 5. The molecule has 0 unspecified atom stereocenters. The number of carbonyl (C=O) groups excluding carboxylic acids is 1. The topological polar surface area (TPSA) is 54.9 Å². The van der Waals surface area contributed by atoms with Crippen molar-refractivity contribution in [1.82, 2.24) is 15.3 Å². The van der Waals surface area contributed by atoms with Crippen molar-refractivity contribution in [3.63, 3.8) is 0 Å². The van der Waals surface area contributed by atoms with E-state index in [-0.39, 0.29) is 29.5 Å². The van der Waals surface area contributed by atoms with Crippen molar-refractivity contribution < 1.29 is 9.18 Å². The van der Waals surface area contributed by atoms with Crippen molar-refractivity contribution >= 4 is 17.5 Å². The highest BCUT2D eigenvalue weighted by molar-refractivity contribution is 6.31. The zero-order valence-electron chi connectivity index (χ0n) is 13.2. The normalized spacial score (nSPS) is 10.5. The Morgan fingerprint density at radius 3 is 2.72 bits per heavy atom. The van der Waals surface area contributed by atoms with Gasteiger partial charge in [-0.2, -0.15) is 0 Å². The van der Waals surface area contributed by atoms with Crippen LogP contribution in [0.3, 0.4) is 0 Å². The first-order chi connectivity index (χ1) is 12.1. The Bertz CT molecular complexity index is 867. The maximum atomic E-state index is 13.8. The molecule has 2 aromatic heterocycles. The molecule has 0 fully saturated rings. The summed E-state index contributed by atoms with van der Waals surface area (Å²) in [5.74, 6) is -0.798. The number of aromatic nitrogens is 2. The molecule has 6 heteroatoms. The molecule has 0 saturated heterocycles. The van der Waals surface area contributed by atoms with Gasteiger partial charge in [-0.05, 0) is 35.9 Å². The lowest BCUT2D eigenvalue weighted by Crippen LogP contribution is -2.25. The van der Waals surface area contributed by atoms with Gasteiger partial charge in [0.2, 0.25) is 5.91 Å². The summed E-state index contributed by atoms with van der Waals surface area (Å²) in [6, 6.07) is 11.8. The molecular formula is C19H15ClFN3O. The van der Waals surface area contributed by atoms with E-state index in [0.717, 1.165) is 16.8 Å². The van der Waals surface area contributed by atoms with Crippen LogP contribution in [0.2, 0.25) is 5.02 Å². The van der Waals surface area contributed by atoms with Crippen LogP contribution in [0.4, 0.5) is 4.39 Å². The minimum Gasteiger partial charge on any atom is -0.352 e. The summed E-state index contributed by atoms with van der Waals surface area (Å²) in [6.45, 7) is 0.281. The van der Waals surface area contributed by atoms with Crippen LogP contribution in [-0.4, -0.2) is 15.9 Å². The monoisotopic (exact) mass is 355 g/mol. The summed E-state index contributed by atoms with van der Waals surface area (Å²) in [6.07, 6.45) is 4.97. The predicted molar refractivity (Wildman–Crippen MR) is 94.4 cm³/mol. The van der Waals surface area contributed by atoms with Crippen LogP contribution in [0.15, 0.2) is 61.1 Å². The molecule has 1 amide bonds. The van der Waals surface area contributed by atoms with Crippen molar-refractivity contribution in [1.29, 1.82) is 0 Å². The Morgan fingerprint density at radius 2 is 1.96 bits per heavy atom. The molecule has 1 aromatic carbocycles. The highest BCUT2D eigenvalue weighted by atomic mass is 35.5. The van der Waals surface area contributed by atoms with Gasteiger partial charge in [-0.15, -0.1) is 0 Å². The maximum absolute atomic E-state index is 13.8. The Hall–Kier alpha value is -2.79. The fourth-order valence-corrected chi connectivity index (χ4v) is 2.69. The van der Waals surface area contributed by atoms with Gasteiger partial charge < -0.3 is 5.32 Å². The van der Waals surface area contributed by atoms with Crippen LogP contribution in [0.1, 0.15) is 11.1 Å². The highest BCUT2D eigenvalue weighted by Crippen LogP contribution is 2.21. The molecule has 0 atom stereocenters. The maximum Gasteiger partial charge on any atom is 0.224 e. The minimum absolute atomic E-state index is 0.117. The standard InChI is InChI=1S/C19H15ClFN3O/c20-16-6-1-7-17(21)15(16)10-18(25)24-12-14-5-3-9-23-19(14)13-4-2-8-22-11-13/h1-9,11H,10,12H2,(H,24,25). The molecule has 0 aliphatic rings. The van der Waals surface area contributed by atoms with Crippen molar-refractivity contribution in [2.24, 2.45) is 0 Å². The molecule has 3 rings (SSSR count). The number of hydrogen-bond acceptors (Lipinski definition) is 3. The zero-order valence-corrected chi connectivity index (χ0v) is 14.0. The fraction of sp³-hybridized carbons (Fsp3) is 0.105. The summed E-state index contributed by atoms with van der Waals surface area (Å²) < 4.78 is 13.8. The smallest absolute Gasteiger partial charge is 0.224 e. The van der Waals surface area contributed by atoms with E-state index in [1.165, 1.54) is 12.1 Å². The number of amides is 1. The van der Waals surface area contributed by atoms with Crippen molar-refractivity contribution in [3.05, 3.63) is 83.0 Å². The average molecular weight is 356 g/mol. The van der Waals surface area contributed by atoms with Crippen LogP contribution in [0.5, 0.6) is 0 Å². The van der Waals surface area contributed by atoms with Crippen molar-refractivity contribution in [2.45, 2.75) is 13.0 Å². The van der Waals surface area contributed by atoms with Crippen molar-refractivity contribution in [3.8, 4) is 11.3 Å². The molecule has 0 aliphatic carbocycles. The molecule has 4 nitrogen and oxygen atoms in total. The van der Waals surface area contributed by atoms with Gasteiger partial charge in [-0.1, -0.05) is 23.7 Å². The molecule has 3 aromatic rings. The lowest BCUT2D eigenvalue weighted by Gasteiger charge is -2.10. The predicted octanol–water partition coefficient (Wildman–Crippen LogP) is 3.80. The van der Waals surface area contributed by atoms with Gasteiger partial charge in [0.05, 0.1) is 12.1 Å². The summed E-state index contributed by atoms with van der Waals surface area (Å²) in [5, 5.41) is 3.03. The number of pyridine rings is 2. The van der Waals surface area contributed by atoms with Crippen LogP contribution in [0.25, 0.3) is 11.3 Å². The van der Waals surface area contributed by atoms with E-state index in [9.17, 15) is 9.18 Å². The molecule has 1 N–H and O–H groups in total. The van der Waals surface area contributed by atoms with Gasteiger partial charge in [0.15, 0.2) is 0 Å².